The summed E-state index contributed by atoms with van der Waals surface area (Å²) in [7, 11) is 0. The molecule has 0 aromatic rings. The Bertz CT molecular complexity index is 451. The zero-order valence-electron chi connectivity index (χ0n) is 15.8. The molecular formula is C21H36N2OS. The first-order valence-corrected chi connectivity index (χ1v) is 11.9. The van der Waals surface area contributed by atoms with E-state index in [1.54, 1.807) is 0 Å². The van der Waals surface area contributed by atoms with Crippen LogP contribution in [0, 0.1) is 17.8 Å². The van der Waals surface area contributed by atoms with Crippen LogP contribution in [0.2, 0.25) is 0 Å². The van der Waals surface area contributed by atoms with Gasteiger partial charge in [0.05, 0.1) is 5.37 Å². The van der Waals surface area contributed by atoms with Gasteiger partial charge in [-0.15, -0.1) is 11.8 Å². The standard InChI is InChI=1S/C21H36N2OS/c1-14-11-12-16(21-23-17-9-5-6-10-19(17)25-21)13-18(14)22-20(24)15-7-3-2-4-8-15/h14-19,21,23H,2-13H2,1H3,(H,22,24). The summed E-state index contributed by atoms with van der Waals surface area (Å²) in [6.45, 7) is 2.34. The quantitative estimate of drug-likeness (QED) is 0.777. The van der Waals surface area contributed by atoms with Crippen LogP contribution in [0.1, 0.15) is 84.0 Å². The zero-order valence-corrected chi connectivity index (χ0v) is 16.7. The van der Waals surface area contributed by atoms with E-state index in [0.29, 0.717) is 29.2 Å². The Hall–Kier alpha value is -0.220. The summed E-state index contributed by atoms with van der Waals surface area (Å²) in [5.74, 6) is 2.03. The molecule has 2 N–H and O–H groups in total. The molecule has 0 aromatic heterocycles. The van der Waals surface area contributed by atoms with Gasteiger partial charge in [0, 0.05) is 23.3 Å². The summed E-state index contributed by atoms with van der Waals surface area (Å²) in [6, 6.07) is 1.16. The average molecular weight is 365 g/mol. The monoisotopic (exact) mass is 364 g/mol. The van der Waals surface area contributed by atoms with E-state index in [0.717, 1.165) is 30.1 Å². The normalized spacial score (nSPS) is 42.8. The molecule has 1 heterocycles. The second kappa shape index (κ2) is 8.21. The molecule has 4 rings (SSSR count). The van der Waals surface area contributed by atoms with Crippen molar-refractivity contribution >= 4 is 17.7 Å². The van der Waals surface area contributed by atoms with Crippen molar-refractivity contribution in [3.05, 3.63) is 0 Å². The highest BCUT2D eigenvalue weighted by Crippen LogP contribution is 2.43. The van der Waals surface area contributed by atoms with Crippen LogP contribution >= 0.6 is 11.8 Å². The minimum atomic E-state index is 0.295. The van der Waals surface area contributed by atoms with Crippen molar-refractivity contribution < 1.29 is 4.79 Å². The largest absolute Gasteiger partial charge is 0.353 e. The lowest BCUT2D eigenvalue weighted by Gasteiger charge is -2.38. The van der Waals surface area contributed by atoms with Crippen molar-refractivity contribution in [2.24, 2.45) is 17.8 Å². The van der Waals surface area contributed by atoms with Crippen LogP contribution in [0.5, 0.6) is 0 Å². The molecule has 0 radical (unpaired) electrons. The highest BCUT2D eigenvalue weighted by Gasteiger charge is 2.42. The Balaban J connectivity index is 1.32. The molecule has 0 bridgehead atoms. The molecule has 6 unspecified atom stereocenters. The van der Waals surface area contributed by atoms with Gasteiger partial charge in [0.25, 0.3) is 0 Å². The third kappa shape index (κ3) is 4.21. The minimum Gasteiger partial charge on any atom is -0.353 e. The second-order valence-corrected chi connectivity index (χ2v) is 10.5. The molecule has 3 aliphatic carbocycles. The summed E-state index contributed by atoms with van der Waals surface area (Å²) >= 11 is 2.23. The number of fused-ring (bicyclic) bond motifs is 1. The van der Waals surface area contributed by atoms with Gasteiger partial charge in [-0.3, -0.25) is 4.79 Å². The summed E-state index contributed by atoms with van der Waals surface area (Å²) in [6.07, 6.45) is 15.4. The van der Waals surface area contributed by atoms with Gasteiger partial charge in [0.1, 0.15) is 0 Å². The van der Waals surface area contributed by atoms with Crippen LogP contribution in [0.4, 0.5) is 0 Å². The number of thioether (sulfide) groups is 1. The van der Waals surface area contributed by atoms with E-state index in [4.69, 9.17) is 0 Å². The molecule has 4 aliphatic rings. The molecular weight excluding hydrogens is 328 g/mol. The lowest BCUT2D eigenvalue weighted by Crippen LogP contribution is -2.48. The van der Waals surface area contributed by atoms with E-state index in [1.165, 1.54) is 64.2 Å². The number of carbonyl (C=O) groups excluding carboxylic acids is 1. The van der Waals surface area contributed by atoms with Gasteiger partial charge in [0.2, 0.25) is 5.91 Å². The summed E-state index contributed by atoms with van der Waals surface area (Å²) in [4.78, 5) is 12.7. The molecule has 4 fully saturated rings. The Morgan fingerprint density at radius 3 is 2.52 bits per heavy atom. The molecule has 3 nitrogen and oxygen atoms in total. The van der Waals surface area contributed by atoms with Crippen LogP contribution in [0.3, 0.4) is 0 Å². The van der Waals surface area contributed by atoms with E-state index in [2.05, 4.69) is 29.3 Å². The summed E-state index contributed by atoms with van der Waals surface area (Å²) < 4.78 is 0. The van der Waals surface area contributed by atoms with E-state index in [-0.39, 0.29) is 0 Å². The fourth-order valence-electron chi connectivity index (χ4n) is 5.63. The van der Waals surface area contributed by atoms with Crippen LogP contribution in [-0.4, -0.2) is 28.6 Å². The molecule has 1 amide bonds. The number of carbonyl (C=O) groups is 1. The molecule has 142 valence electrons. The highest BCUT2D eigenvalue weighted by atomic mass is 32.2. The van der Waals surface area contributed by atoms with Crippen LogP contribution in [0.15, 0.2) is 0 Å². The zero-order chi connectivity index (χ0) is 17.2. The molecule has 25 heavy (non-hydrogen) atoms. The van der Waals surface area contributed by atoms with Crippen LogP contribution < -0.4 is 10.6 Å². The van der Waals surface area contributed by atoms with Gasteiger partial charge >= 0.3 is 0 Å². The number of hydrogen-bond acceptors (Lipinski definition) is 3. The Morgan fingerprint density at radius 1 is 0.960 bits per heavy atom. The maximum absolute atomic E-state index is 12.7. The lowest BCUT2D eigenvalue weighted by molar-refractivity contribution is -0.127. The summed E-state index contributed by atoms with van der Waals surface area (Å²) in [5, 5.41) is 8.93. The number of rotatable bonds is 3. The molecule has 4 heteroatoms. The van der Waals surface area contributed by atoms with E-state index in [1.807, 2.05) is 0 Å². The van der Waals surface area contributed by atoms with Gasteiger partial charge in [-0.05, 0) is 56.8 Å². The van der Waals surface area contributed by atoms with Gasteiger partial charge in [-0.1, -0.05) is 39.0 Å². The lowest BCUT2D eigenvalue weighted by atomic mass is 9.78. The first-order valence-electron chi connectivity index (χ1n) is 10.9. The van der Waals surface area contributed by atoms with Crippen molar-refractivity contribution in [3.8, 4) is 0 Å². The van der Waals surface area contributed by atoms with E-state index in [9.17, 15) is 4.79 Å². The van der Waals surface area contributed by atoms with Gasteiger partial charge in [0.15, 0.2) is 0 Å². The number of amides is 1. The molecule has 3 saturated carbocycles. The van der Waals surface area contributed by atoms with Gasteiger partial charge in [-0.25, -0.2) is 0 Å². The highest BCUT2D eigenvalue weighted by molar-refractivity contribution is 8.00. The molecule has 1 aliphatic heterocycles. The first-order chi connectivity index (χ1) is 12.2. The Morgan fingerprint density at radius 2 is 1.72 bits per heavy atom. The van der Waals surface area contributed by atoms with Gasteiger partial charge < -0.3 is 10.6 Å². The van der Waals surface area contributed by atoms with E-state index >= 15 is 0 Å². The molecule has 6 atom stereocenters. The predicted molar refractivity (Wildman–Crippen MR) is 106 cm³/mol. The first kappa shape index (κ1) is 18.2. The summed E-state index contributed by atoms with van der Waals surface area (Å²) in [5.41, 5.74) is 0. The predicted octanol–water partition coefficient (Wildman–Crippen LogP) is 4.46. The average Bonchev–Trinajstić information content (AvgIpc) is 3.08. The SMILES string of the molecule is CC1CCC(C2NC3CCCCC3S2)CC1NC(=O)C1CCCCC1. The Kier molecular flexibility index (Phi) is 5.96. The molecule has 0 spiro atoms. The van der Waals surface area contributed by atoms with Crippen LogP contribution in [0.25, 0.3) is 0 Å². The van der Waals surface area contributed by atoms with Gasteiger partial charge in [-0.2, -0.15) is 0 Å². The molecule has 0 aromatic carbocycles. The second-order valence-electron chi connectivity index (χ2n) is 9.15. The number of hydrogen-bond donors (Lipinski definition) is 2. The fraction of sp³-hybridized carbons (Fsp3) is 0.952. The topological polar surface area (TPSA) is 41.1 Å². The third-order valence-corrected chi connectivity index (χ3v) is 9.10. The maximum atomic E-state index is 12.7. The maximum Gasteiger partial charge on any atom is 0.223 e. The van der Waals surface area contributed by atoms with Crippen molar-refractivity contribution in [1.82, 2.24) is 10.6 Å². The number of nitrogens with one attached hydrogen (secondary N) is 2. The smallest absolute Gasteiger partial charge is 0.223 e. The molecule has 1 saturated heterocycles. The third-order valence-electron chi connectivity index (χ3n) is 7.37. The Labute approximate surface area is 157 Å². The minimum absolute atomic E-state index is 0.295. The van der Waals surface area contributed by atoms with Crippen molar-refractivity contribution in [1.29, 1.82) is 0 Å². The van der Waals surface area contributed by atoms with E-state index < -0.39 is 0 Å². The fourth-order valence-corrected chi connectivity index (χ4v) is 7.44. The van der Waals surface area contributed by atoms with Crippen molar-refractivity contribution in [3.63, 3.8) is 0 Å². The van der Waals surface area contributed by atoms with Crippen molar-refractivity contribution in [2.45, 2.75) is 107 Å². The van der Waals surface area contributed by atoms with Crippen molar-refractivity contribution in [2.75, 3.05) is 0 Å². The van der Waals surface area contributed by atoms with Crippen LogP contribution in [-0.2, 0) is 4.79 Å².